The van der Waals surface area contributed by atoms with Crippen LogP contribution in [0.5, 0.6) is 11.5 Å². The smallest absolute Gasteiger partial charge is 0.744 e. The molecule has 14 nitrogen and oxygen atoms in total. The summed E-state index contributed by atoms with van der Waals surface area (Å²) >= 11 is 0. The summed E-state index contributed by atoms with van der Waals surface area (Å²) < 4.78 is 128. The Bertz CT molecular complexity index is 2310. The number of hydrogen-bond donors (Lipinski definition) is 0. The van der Waals surface area contributed by atoms with Crippen molar-refractivity contribution in [3.63, 3.8) is 0 Å². The fourth-order valence-corrected chi connectivity index (χ4v) is 11.1. The Balaban J connectivity index is 0.000000661. The minimum Gasteiger partial charge on any atom is -0.744 e. The van der Waals surface area contributed by atoms with Gasteiger partial charge in [0.1, 0.15) is 30.0 Å². The zero-order chi connectivity index (χ0) is 48.3. The van der Waals surface area contributed by atoms with E-state index in [2.05, 4.69) is 22.5 Å². The van der Waals surface area contributed by atoms with Crippen LogP contribution in [0.15, 0.2) is 117 Å². The fourth-order valence-electron chi connectivity index (χ4n) is 7.15. The number of unbranched alkanes of at least 4 members (excludes halogenated alkanes) is 18. The Morgan fingerprint density at radius 2 is 0.603 bits per heavy atom. The van der Waals surface area contributed by atoms with Crippen molar-refractivity contribution < 1.29 is 120 Å². The second-order valence-electron chi connectivity index (χ2n) is 16.1. The Kier molecular flexibility index (Phi) is 32.5. The molecular formula is C48H66Na2O14S4. The van der Waals surface area contributed by atoms with Gasteiger partial charge in [-0.15, -0.1) is 0 Å². The average molecular weight is 1040 g/mol. The number of aryl methyl sites for hydroxylation is 2. The van der Waals surface area contributed by atoms with E-state index in [9.17, 15) is 42.8 Å². The Hall–Kier alpha value is -1.88. The van der Waals surface area contributed by atoms with Crippen LogP contribution in [0.1, 0.15) is 153 Å². The summed E-state index contributed by atoms with van der Waals surface area (Å²) in [5.41, 5.74) is 1.58. The molecule has 68 heavy (non-hydrogen) atoms. The Labute approximate surface area is 450 Å². The van der Waals surface area contributed by atoms with Gasteiger partial charge in [-0.3, -0.25) is 0 Å². The maximum absolute atomic E-state index is 12.5. The molecular weight excluding hydrogens is 975 g/mol. The van der Waals surface area contributed by atoms with Crippen molar-refractivity contribution in [1.29, 1.82) is 0 Å². The maximum atomic E-state index is 12.5. The van der Waals surface area contributed by atoms with Gasteiger partial charge in [0, 0.05) is 0 Å². The molecule has 0 aliphatic rings. The summed E-state index contributed by atoms with van der Waals surface area (Å²) in [5.74, 6) is 0.471. The van der Waals surface area contributed by atoms with Gasteiger partial charge in [-0.1, -0.05) is 199 Å². The first-order valence-electron chi connectivity index (χ1n) is 23.0. The van der Waals surface area contributed by atoms with E-state index in [1.54, 1.807) is 24.3 Å². The molecule has 4 rings (SSSR count). The predicted octanol–water partition coefficient (Wildman–Crippen LogP) is 5.51. The molecule has 0 saturated carbocycles. The largest absolute Gasteiger partial charge is 1.00 e. The van der Waals surface area contributed by atoms with Gasteiger partial charge >= 0.3 is 79.4 Å². The van der Waals surface area contributed by atoms with Crippen molar-refractivity contribution in [2.24, 2.45) is 0 Å². The van der Waals surface area contributed by atoms with Crippen molar-refractivity contribution >= 4 is 40.5 Å². The van der Waals surface area contributed by atoms with Crippen molar-refractivity contribution in [2.45, 2.75) is 175 Å². The molecule has 0 aliphatic heterocycles. The van der Waals surface area contributed by atoms with Crippen LogP contribution >= 0.6 is 0 Å². The van der Waals surface area contributed by atoms with Crippen molar-refractivity contribution in [2.75, 3.05) is 0 Å². The van der Waals surface area contributed by atoms with Crippen LogP contribution < -0.4 is 68.9 Å². The van der Waals surface area contributed by atoms with E-state index in [0.29, 0.717) is 12.8 Å². The van der Waals surface area contributed by atoms with E-state index >= 15 is 0 Å². The summed E-state index contributed by atoms with van der Waals surface area (Å²) in [5, 5.41) is 0. The van der Waals surface area contributed by atoms with Crippen molar-refractivity contribution in [3.05, 3.63) is 108 Å². The summed E-state index contributed by atoms with van der Waals surface area (Å²) in [6.07, 6.45) is 25.7. The average Bonchev–Trinajstić information content (AvgIpc) is 3.29. The SMILES string of the molecule is CCCCCCCCCCCCc1ccccc1OOS(=O)(=O)c1ccccc1S(=O)(=O)[O-].CCCCCCCCCCCCc1ccccc1OOS(=O)(=O)c1ccccc1S(=O)(=O)[O-].[Na+].[Na+]. The predicted molar refractivity (Wildman–Crippen MR) is 251 cm³/mol. The Morgan fingerprint density at radius 1 is 0.353 bits per heavy atom. The molecule has 20 heteroatoms. The summed E-state index contributed by atoms with van der Waals surface area (Å²) in [7, 11) is -19.3. The van der Waals surface area contributed by atoms with E-state index in [1.807, 2.05) is 24.3 Å². The van der Waals surface area contributed by atoms with Crippen LogP contribution in [0.2, 0.25) is 0 Å². The minimum atomic E-state index is -5.00. The van der Waals surface area contributed by atoms with Gasteiger partial charge < -0.3 is 18.9 Å². The molecule has 0 aromatic heterocycles. The third-order valence-electron chi connectivity index (χ3n) is 10.7. The molecule has 0 atom stereocenters. The van der Waals surface area contributed by atoms with Gasteiger partial charge in [0.25, 0.3) is 0 Å². The summed E-state index contributed by atoms with van der Waals surface area (Å²) in [4.78, 5) is 6.88. The van der Waals surface area contributed by atoms with Crippen LogP contribution in [-0.2, 0) is 62.0 Å². The molecule has 4 aromatic carbocycles. The topological polar surface area (TPSA) is 220 Å². The first-order valence-corrected chi connectivity index (χ1v) is 28.6. The van der Waals surface area contributed by atoms with Crippen LogP contribution in [0.4, 0.5) is 0 Å². The quantitative estimate of drug-likeness (QED) is 0.0194. The molecule has 0 saturated heterocycles. The summed E-state index contributed by atoms with van der Waals surface area (Å²) in [6, 6.07) is 22.7. The van der Waals surface area contributed by atoms with Gasteiger partial charge in [0.2, 0.25) is 0 Å². The number of benzene rings is 4. The van der Waals surface area contributed by atoms with Crippen molar-refractivity contribution in [3.8, 4) is 11.5 Å². The van der Waals surface area contributed by atoms with Crippen LogP contribution in [0.25, 0.3) is 0 Å². The second kappa shape index (κ2) is 34.5. The third-order valence-corrected chi connectivity index (χ3v) is 15.1. The normalized spacial score (nSPS) is 11.7. The van der Waals surface area contributed by atoms with Crippen LogP contribution in [0.3, 0.4) is 0 Å². The first kappa shape index (κ1) is 64.1. The molecule has 0 aliphatic carbocycles. The van der Waals surface area contributed by atoms with Crippen LogP contribution in [0, 0.1) is 0 Å². The molecule has 0 N–H and O–H groups in total. The molecule has 0 fully saturated rings. The zero-order valence-corrected chi connectivity index (χ0v) is 47.4. The van der Waals surface area contributed by atoms with Gasteiger partial charge in [-0.2, -0.15) is 16.8 Å². The number of rotatable bonds is 32. The van der Waals surface area contributed by atoms with Crippen molar-refractivity contribution in [1.82, 2.24) is 0 Å². The van der Waals surface area contributed by atoms with E-state index in [4.69, 9.17) is 9.78 Å². The second-order valence-corrected chi connectivity index (χ2v) is 21.8. The minimum absolute atomic E-state index is 0. The van der Waals surface area contributed by atoms with Gasteiger partial charge in [-0.25, -0.2) is 16.8 Å². The first-order chi connectivity index (χ1) is 31.5. The monoisotopic (exact) mass is 1040 g/mol. The van der Waals surface area contributed by atoms with E-state index in [0.717, 1.165) is 73.9 Å². The number of para-hydroxylation sites is 2. The molecule has 4 aromatic rings. The molecule has 0 heterocycles. The third kappa shape index (κ3) is 24.5. The molecule has 368 valence electrons. The standard InChI is InChI=1S/2C24H34O7S2.2Na/c2*1-2-3-4-5-6-7-8-9-10-11-16-21-17-12-13-18-22(21)30-31-33(28,29)24-20-15-14-19-23(24)32(25,26)27;;/h2*12-15,17-20H,2-11,16H2,1H3,(H,25,26,27);;/q;;2*+1/p-2. The molecule has 0 unspecified atom stereocenters. The van der Waals surface area contributed by atoms with E-state index < -0.39 is 60.1 Å². The number of hydrogen-bond acceptors (Lipinski definition) is 14. The Morgan fingerprint density at radius 3 is 0.897 bits per heavy atom. The maximum Gasteiger partial charge on any atom is 1.00 e. The fraction of sp³-hybridized carbons (Fsp3) is 0.500. The molecule has 0 radical (unpaired) electrons. The van der Waals surface area contributed by atoms with Gasteiger partial charge in [-0.05, 0) is 73.2 Å². The van der Waals surface area contributed by atoms with Crippen LogP contribution in [-0.4, -0.2) is 42.8 Å². The molecule has 0 spiro atoms. The zero-order valence-electron chi connectivity index (χ0n) is 40.1. The molecule has 0 bridgehead atoms. The van der Waals surface area contributed by atoms with Gasteiger partial charge in [0.15, 0.2) is 11.5 Å². The molecule has 0 amide bonds. The van der Waals surface area contributed by atoms with Gasteiger partial charge in [0.05, 0.1) is 9.79 Å². The van der Waals surface area contributed by atoms with E-state index in [1.165, 1.54) is 114 Å². The van der Waals surface area contributed by atoms with E-state index in [-0.39, 0.29) is 70.6 Å². The summed E-state index contributed by atoms with van der Waals surface area (Å²) in [6.45, 7) is 4.43.